The van der Waals surface area contributed by atoms with E-state index in [1.165, 1.54) is 41.0 Å². The van der Waals surface area contributed by atoms with Crippen molar-refractivity contribution in [1.82, 2.24) is 35.0 Å². The van der Waals surface area contributed by atoms with Crippen molar-refractivity contribution in [1.29, 1.82) is 0 Å². The summed E-state index contributed by atoms with van der Waals surface area (Å²) in [5, 5.41) is 22.8. The van der Waals surface area contributed by atoms with Gasteiger partial charge in [0.2, 0.25) is 5.91 Å². The fourth-order valence-corrected chi connectivity index (χ4v) is 3.57. The average Bonchev–Trinajstić information content (AvgIpc) is 3.37. The molecule has 4 aromatic rings. The first kappa shape index (κ1) is 20.0. The van der Waals surface area contributed by atoms with Gasteiger partial charge in [0.05, 0.1) is 22.8 Å². The van der Waals surface area contributed by atoms with E-state index in [-0.39, 0.29) is 11.4 Å². The van der Waals surface area contributed by atoms with Gasteiger partial charge in [0, 0.05) is 5.02 Å². The first-order chi connectivity index (χ1) is 14.5. The van der Waals surface area contributed by atoms with Gasteiger partial charge in [0.25, 0.3) is 0 Å². The van der Waals surface area contributed by atoms with Crippen LogP contribution in [0.5, 0.6) is 0 Å². The number of hydrogen-bond acceptors (Lipinski definition) is 7. The number of carbonyl (C=O) groups excluding carboxylic acids is 1. The van der Waals surface area contributed by atoms with Gasteiger partial charge in [0.1, 0.15) is 12.1 Å². The van der Waals surface area contributed by atoms with Gasteiger partial charge in [-0.05, 0) is 53.7 Å². The van der Waals surface area contributed by atoms with Gasteiger partial charge in [-0.1, -0.05) is 29.4 Å². The third-order valence-corrected chi connectivity index (χ3v) is 5.21. The molecule has 9 nitrogen and oxygen atoms in total. The Kier molecular flexibility index (Phi) is 5.72. The molecular weight excluding hydrogens is 431 g/mol. The number of benzene rings is 2. The number of tetrazole rings is 1. The van der Waals surface area contributed by atoms with Gasteiger partial charge < -0.3 is 5.32 Å². The van der Waals surface area contributed by atoms with Crippen molar-refractivity contribution in [3.05, 3.63) is 65.5 Å². The lowest BCUT2D eigenvalue weighted by atomic mass is 10.2. The third kappa shape index (κ3) is 4.31. The van der Waals surface area contributed by atoms with Crippen LogP contribution in [0.4, 0.5) is 10.1 Å². The van der Waals surface area contributed by atoms with Gasteiger partial charge in [-0.2, -0.15) is 4.68 Å². The number of hydrogen-bond donors (Lipinski definition) is 1. The molecule has 152 valence electrons. The van der Waals surface area contributed by atoms with E-state index in [1.54, 1.807) is 29.7 Å². The number of nitrogens with one attached hydrogen (secondary N) is 1. The van der Waals surface area contributed by atoms with Crippen LogP contribution < -0.4 is 5.32 Å². The van der Waals surface area contributed by atoms with E-state index >= 15 is 0 Å². The first-order valence-electron chi connectivity index (χ1n) is 8.65. The van der Waals surface area contributed by atoms with Gasteiger partial charge in [-0.15, -0.1) is 15.3 Å². The normalized spacial score (nSPS) is 10.9. The van der Waals surface area contributed by atoms with Crippen LogP contribution in [0.15, 0.2) is 53.9 Å². The van der Waals surface area contributed by atoms with Crippen LogP contribution >= 0.6 is 23.4 Å². The highest BCUT2D eigenvalue weighted by molar-refractivity contribution is 7.99. The molecule has 1 N–H and O–H groups in total. The van der Waals surface area contributed by atoms with Gasteiger partial charge >= 0.3 is 0 Å². The highest BCUT2D eigenvalue weighted by Crippen LogP contribution is 2.23. The SMILES string of the molecule is Cc1nnnn1-c1ccc(F)c(NC(=O)CSc2nncn2-c2cccc(Cl)c2)c1. The Morgan fingerprint density at radius 1 is 1.20 bits per heavy atom. The van der Waals surface area contributed by atoms with E-state index in [0.717, 1.165) is 5.69 Å². The van der Waals surface area contributed by atoms with Crippen molar-refractivity contribution in [2.24, 2.45) is 0 Å². The first-order valence-corrected chi connectivity index (χ1v) is 10.0. The molecule has 2 aromatic heterocycles. The van der Waals surface area contributed by atoms with Crippen molar-refractivity contribution in [2.75, 3.05) is 11.1 Å². The lowest BCUT2D eigenvalue weighted by Crippen LogP contribution is -2.16. The fraction of sp³-hybridized carbons (Fsp3) is 0.111. The molecule has 0 unspecified atom stereocenters. The van der Waals surface area contributed by atoms with Gasteiger partial charge in [-0.25, -0.2) is 4.39 Å². The van der Waals surface area contributed by atoms with E-state index in [4.69, 9.17) is 11.6 Å². The molecule has 12 heteroatoms. The Balaban J connectivity index is 1.45. The molecule has 0 aliphatic rings. The summed E-state index contributed by atoms with van der Waals surface area (Å²) in [5.74, 6) is -0.419. The molecule has 0 spiro atoms. The van der Waals surface area contributed by atoms with Crippen LogP contribution in [0.2, 0.25) is 5.02 Å². The molecule has 0 saturated heterocycles. The largest absolute Gasteiger partial charge is 0.323 e. The Morgan fingerprint density at radius 2 is 2.07 bits per heavy atom. The van der Waals surface area contributed by atoms with E-state index in [0.29, 0.717) is 21.7 Å². The third-order valence-electron chi connectivity index (χ3n) is 4.03. The topological polar surface area (TPSA) is 103 Å². The summed E-state index contributed by atoms with van der Waals surface area (Å²) in [6, 6.07) is 11.4. The molecule has 1 amide bonds. The smallest absolute Gasteiger partial charge is 0.234 e. The van der Waals surface area contributed by atoms with Crippen LogP contribution in [0.1, 0.15) is 5.82 Å². The molecule has 0 atom stereocenters. The quantitative estimate of drug-likeness (QED) is 0.456. The summed E-state index contributed by atoms with van der Waals surface area (Å²) in [6.45, 7) is 1.72. The number of nitrogens with zero attached hydrogens (tertiary/aromatic N) is 7. The Bertz CT molecular complexity index is 1210. The summed E-state index contributed by atoms with van der Waals surface area (Å²) in [5.41, 5.74) is 1.33. The van der Waals surface area contributed by atoms with E-state index in [9.17, 15) is 9.18 Å². The Labute approximate surface area is 179 Å². The summed E-state index contributed by atoms with van der Waals surface area (Å²) < 4.78 is 17.3. The monoisotopic (exact) mass is 444 g/mol. The minimum Gasteiger partial charge on any atom is -0.323 e. The molecule has 30 heavy (non-hydrogen) atoms. The van der Waals surface area contributed by atoms with E-state index in [2.05, 4.69) is 31.0 Å². The lowest BCUT2D eigenvalue weighted by molar-refractivity contribution is -0.113. The second-order valence-electron chi connectivity index (χ2n) is 6.10. The highest BCUT2D eigenvalue weighted by atomic mass is 35.5. The predicted octanol–water partition coefficient (Wildman–Crippen LogP) is 3.07. The maximum Gasteiger partial charge on any atom is 0.234 e. The molecule has 0 aliphatic heterocycles. The van der Waals surface area contributed by atoms with Crippen molar-refractivity contribution in [3.8, 4) is 11.4 Å². The van der Waals surface area contributed by atoms with Crippen molar-refractivity contribution >= 4 is 35.0 Å². The van der Waals surface area contributed by atoms with Gasteiger partial charge in [0.15, 0.2) is 11.0 Å². The van der Waals surface area contributed by atoms with Gasteiger partial charge in [-0.3, -0.25) is 9.36 Å². The van der Waals surface area contributed by atoms with Crippen molar-refractivity contribution in [2.45, 2.75) is 12.1 Å². The summed E-state index contributed by atoms with van der Waals surface area (Å²) in [7, 11) is 0. The summed E-state index contributed by atoms with van der Waals surface area (Å²) >= 11 is 7.20. The van der Waals surface area contributed by atoms with Crippen molar-refractivity contribution < 1.29 is 9.18 Å². The Morgan fingerprint density at radius 3 is 2.83 bits per heavy atom. The lowest BCUT2D eigenvalue weighted by Gasteiger charge is -2.09. The van der Waals surface area contributed by atoms with Crippen LogP contribution in [-0.2, 0) is 4.79 Å². The maximum atomic E-state index is 14.2. The predicted molar refractivity (Wildman–Crippen MR) is 110 cm³/mol. The number of carbonyl (C=O) groups is 1. The molecule has 2 aromatic carbocycles. The average molecular weight is 445 g/mol. The summed E-state index contributed by atoms with van der Waals surface area (Å²) in [4.78, 5) is 12.4. The number of amides is 1. The second kappa shape index (κ2) is 8.59. The van der Waals surface area contributed by atoms with Crippen LogP contribution in [0, 0.1) is 12.7 Å². The zero-order valence-electron chi connectivity index (χ0n) is 15.5. The van der Waals surface area contributed by atoms with Crippen molar-refractivity contribution in [3.63, 3.8) is 0 Å². The maximum absolute atomic E-state index is 14.2. The molecule has 0 bridgehead atoms. The minimum absolute atomic E-state index is 0.00678. The van der Waals surface area contributed by atoms with E-state index in [1.807, 2.05) is 6.07 Å². The number of aryl methyl sites for hydroxylation is 1. The number of anilines is 1. The molecular formula is C18H14ClFN8OS. The zero-order valence-corrected chi connectivity index (χ0v) is 17.1. The number of thioether (sulfide) groups is 1. The fourth-order valence-electron chi connectivity index (χ4n) is 2.65. The number of aromatic nitrogens is 7. The van der Waals surface area contributed by atoms with Crippen LogP contribution in [0.25, 0.3) is 11.4 Å². The molecule has 2 heterocycles. The van der Waals surface area contributed by atoms with E-state index < -0.39 is 11.7 Å². The highest BCUT2D eigenvalue weighted by Gasteiger charge is 2.14. The number of halogens is 2. The molecule has 0 fully saturated rings. The Hall–Kier alpha value is -3.31. The van der Waals surface area contributed by atoms with Crippen LogP contribution in [-0.4, -0.2) is 46.6 Å². The molecule has 0 aliphatic carbocycles. The standard InChI is InChI=1S/C18H14ClFN8OS/c1-11-23-25-26-28(11)14-5-6-15(20)16(8-14)22-17(29)9-30-18-24-21-10-27(18)13-4-2-3-12(19)7-13/h2-8,10H,9H2,1H3,(H,22,29). The number of rotatable bonds is 6. The van der Waals surface area contributed by atoms with Crippen LogP contribution in [0.3, 0.4) is 0 Å². The molecule has 0 saturated carbocycles. The molecule has 4 rings (SSSR count). The molecule has 0 radical (unpaired) electrons. The minimum atomic E-state index is -0.565. The second-order valence-corrected chi connectivity index (χ2v) is 7.48. The summed E-state index contributed by atoms with van der Waals surface area (Å²) in [6.07, 6.45) is 1.53. The zero-order chi connectivity index (χ0) is 21.1.